The van der Waals surface area contributed by atoms with Crippen molar-refractivity contribution in [2.24, 2.45) is 0 Å². The van der Waals surface area contributed by atoms with Crippen LogP contribution in [0.1, 0.15) is 12.0 Å². The van der Waals surface area contributed by atoms with Gasteiger partial charge in [-0.1, -0.05) is 15.9 Å². The van der Waals surface area contributed by atoms with Crippen molar-refractivity contribution in [2.45, 2.75) is 13.3 Å². The third-order valence-corrected chi connectivity index (χ3v) is 2.44. The standard InChI is InChI=1S/C10H8BrN3O3/c1-6-4-7(11)5-8(14(16)17)10(6)13-9(15)2-3-12/h4-5H,2H2,1H3,(H,13,15). The van der Waals surface area contributed by atoms with E-state index in [1.807, 2.05) is 0 Å². The zero-order valence-corrected chi connectivity index (χ0v) is 10.4. The summed E-state index contributed by atoms with van der Waals surface area (Å²) < 4.78 is 0.556. The van der Waals surface area contributed by atoms with Gasteiger partial charge in [0, 0.05) is 10.5 Å². The maximum Gasteiger partial charge on any atom is 0.294 e. The molecule has 1 rings (SSSR count). The third-order valence-electron chi connectivity index (χ3n) is 1.98. The summed E-state index contributed by atoms with van der Waals surface area (Å²) in [6, 6.07) is 4.62. The van der Waals surface area contributed by atoms with Gasteiger partial charge in [-0.25, -0.2) is 0 Å². The molecular formula is C10H8BrN3O3. The number of carbonyl (C=O) groups excluding carboxylic acids is 1. The Hall–Kier alpha value is -1.94. The number of anilines is 1. The highest BCUT2D eigenvalue weighted by Crippen LogP contribution is 2.31. The topological polar surface area (TPSA) is 96.0 Å². The molecule has 17 heavy (non-hydrogen) atoms. The lowest BCUT2D eigenvalue weighted by molar-refractivity contribution is -0.384. The molecule has 0 aliphatic carbocycles. The number of nitro groups is 1. The second-order valence-corrected chi connectivity index (χ2v) is 4.17. The highest BCUT2D eigenvalue weighted by molar-refractivity contribution is 9.10. The summed E-state index contributed by atoms with van der Waals surface area (Å²) in [4.78, 5) is 21.5. The number of rotatable bonds is 3. The van der Waals surface area contributed by atoms with Crippen LogP contribution in [0.4, 0.5) is 11.4 Å². The molecule has 0 saturated heterocycles. The van der Waals surface area contributed by atoms with Crippen LogP contribution in [-0.2, 0) is 4.79 Å². The fraction of sp³-hybridized carbons (Fsp3) is 0.200. The Balaban J connectivity index is 3.18. The molecule has 1 amide bonds. The summed E-state index contributed by atoms with van der Waals surface area (Å²) in [5.41, 5.74) is 0.471. The Kier molecular flexibility index (Phi) is 4.17. The molecule has 0 fully saturated rings. The van der Waals surface area contributed by atoms with Crippen LogP contribution < -0.4 is 5.32 Å². The van der Waals surface area contributed by atoms with Gasteiger partial charge < -0.3 is 5.32 Å². The third kappa shape index (κ3) is 3.26. The van der Waals surface area contributed by atoms with Gasteiger partial charge in [-0.05, 0) is 18.6 Å². The second-order valence-electron chi connectivity index (χ2n) is 3.26. The van der Waals surface area contributed by atoms with Crippen molar-refractivity contribution >= 4 is 33.2 Å². The molecule has 0 aliphatic heterocycles. The van der Waals surface area contributed by atoms with Gasteiger partial charge in [-0.2, -0.15) is 5.26 Å². The smallest absolute Gasteiger partial charge is 0.294 e. The first-order chi connectivity index (χ1) is 7.95. The minimum absolute atomic E-state index is 0.124. The van der Waals surface area contributed by atoms with E-state index in [1.54, 1.807) is 19.1 Å². The molecule has 0 saturated carbocycles. The number of nitro benzene ring substituents is 1. The molecule has 7 heteroatoms. The summed E-state index contributed by atoms with van der Waals surface area (Å²) in [6.07, 6.45) is -0.341. The summed E-state index contributed by atoms with van der Waals surface area (Å²) in [5, 5.41) is 21.6. The lowest BCUT2D eigenvalue weighted by atomic mass is 10.1. The minimum Gasteiger partial charge on any atom is -0.319 e. The molecule has 0 aliphatic rings. The van der Waals surface area contributed by atoms with Crippen LogP contribution in [-0.4, -0.2) is 10.8 Å². The number of halogens is 1. The average molecular weight is 298 g/mol. The molecule has 0 unspecified atom stereocenters. The van der Waals surface area contributed by atoms with Crippen molar-refractivity contribution in [3.63, 3.8) is 0 Å². The van der Waals surface area contributed by atoms with Gasteiger partial charge in [0.25, 0.3) is 5.69 Å². The molecule has 0 atom stereocenters. The number of nitrogens with one attached hydrogen (secondary N) is 1. The molecule has 0 aromatic heterocycles. The lowest BCUT2D eigenvalue weighted by Gasteiger charge is -2.08. The van der Waals surface area contributed by atoms with Gasteiger partial charge in [0.15, 0.2) is 0 Å². The average Bonchev–Trinajstić information content (AvgIpc) is 2.21. The number of nitrogens with zero attached hydrogens (tertiary/aromatic N) is 2. The molecule has 1 aromatic carbocycles. The molecule has 0 heterocycles. The number of hydrogen-bond acceptors (Lipinski definition) is 4. The first-order valence-electron chi connectivity index (χ1n) is 4.57. The van der Waals surface area contributed by atoms with Crippen molar-refractivity contribution in [3.05, 3.63) is 32.3 Å². The highest BCUT2D eigenvalue weighted by atomic mass is 79.9. The van der Waals surface area contributed by atoms with E-state index in [0.717, 1.165) is 0 Å². The fourth-order valence-corrected chi connectivity index (χ4v) is 1.85. The Morgan fingerprint density at radius 2 is 2.29 bits per heavy atom. The number of aryl methyl sites for hydroxylation is 1. The normalized spacial score (nSPS) is 9.47. The van der Waals surface area contributed by atoms with Crippen LogP contribution in [0.3, 0.4) is 0 Å². The van der Waals surface area contributed by atoms with Gasteiger partial charge in [0.1, 0.15) is 12.1 Å². The van der Waals surface area contributed by atoms with Crippen molar-refractivity contribution in [1.29, 1.82) is 5.26 Å². The Labute approximate surface area is 106 Å². The number of nitriles is 1. The van der Waals surface area contributed by atoms with Crippen molar-refractivity contribution < 1.29 is 9.72 Å². The van der Waals surface area contributed by atoms with E-state index in [1.165, 1.54) is 6.07 Å². The van der Waals surface area contributed by atoms with Gasteiger partial charge in [-0.3, -0.25) is 14.9 Å². The van der Waals surface area contributed by atoms with Crippen LogP contribution in [0, 0.1) is 28.4 Å². The van der Waals surface area contributed by atoms with Gasteiger partial charge in [0.05, 0.1) is 11.0 Å². The summed E-state index contributed by atoms with van der Waals surface area (Å²) in [7, 11) is 0. The Bertz CT molecular complexity index is 522. The summed E-state index contributed by atoms with van der Waals surface area (Å²) in [5.74, 6) is -0.568. The van der Waals surface area contributed by atoms with Crippen molar-refractivity contribution in [1.82, 2.24) is 0 Å². The molecule has 6 nitrogen and oxygen atoms in total. The number of amides is 1. The number of benzene rings is 1. The first kappa shape index (κ1) is 13.1. The summed E-state index contributed by atoms with van der Waals surface area (Å²) >= 11 is 3.14. The van der Waals surface area contributed by atoms with E-state index in [-0.39, 0.29) is 17.8 Å². The maximum atomic E-state index is 11.3. The number of carbonyl (C=O) groups is 1. The molecular weight excluding hydrogens is 290 g/mol. The maximum absolute atomic E-state index is 11.3. The first-order valence-corrected chi connectivity index (χ1v) is 5.36. The predicted octanol–water partition coefficient (Wildman–Crippen LogP) is 2.52. The Morgan fingerprint density at radius 3 is 2.82 bits per heavy atom. The zero-order chi connectivity index (χ0) is 13.0. The fourth-order valence-electron chi connectivity index (χ4n) is 1.29. The molecule has 0 spiro atoms. The molecule has 1 N–H and O–H groups in total. The SMILES string of the molecule is Cc1cc(Br)cc([N+](=O)[O-])c1NC(=O)CC#N. The van der Waals surface area contributed by atoms with Crippen LogP contribution >= 0.6 is 15.9 Å². The second kappa shape index (κ2) is 5.41. The van der Waals surface area contributed by atoms with Gasteiger partial charge in [-0.15, -0.1) is 0 Å². The molecule has 88 valence electrons. The van der Waals surface area contributed by atoms with Crippen LogP contribution in [0.25, 0.3) is 0 Å². The monoisotopic (exact) mass is 297 g/mol. The van der Waals surface area contributed by atoms with Gasteiger partial charge >= 0.3 is 0 Å². The number of hydrogen-bond donors (Lipinski definition) is 1. The van der Waals surface area contributed by atoms with E-state index in [2.05, 4.69) is 21.2 Å². The zero-order valence-electron chi connectivity index (χ0n) is 8.86. The minimum atomic E-state index is -0.584. The van der Waals surface area contributed by atoms with Crippen LogP contribution in [0.5, 0.6) is 0 Å². The lowest BCUT2D eigenvalue weighted by Crippen LogP contribution is -2.12. The quantitative estimate of drug-likeness (QED) is 0.685. The molecule has 1 aromatic rings. The van der Waals surface area contributed by atoms with E-state index in [4.69, 9.17) is 5.26 Å². The van der Waals surface area contributed by atoms with E-state index >= 15 is 0 Å². The molecule has 0 radical (unpaired) electrons. The van der Waals surface area contributed by atoms with E-state index in [0.29, 0.717) is 10.0 Å². The van der Waals surface area contributed by atoms with Crippen LogP contribution in [0.15, 0.2) is 16.6 Å². The predicted molar refractivity (Wildman–Crippen MR) is 64.4 cm³/mol. The van der Waals surface area contributed by atoms with E-state index in [9.17, 15) is 14.9 Å². The summed E-state index contributed by atoms with van der Waals surface area (Å²) in [6.45, 7) is 1.64. The Morgan fingerprint density at radius 1 is 1.65 bits per heavy atom. The molecule has 0 bridgehead atoms. The van der Waals surface area contributed by atoms with E-state index < -0.39 is 10.8 Å². The largest absolute Gasteiger partial charge is 0.319 e. The van der Waals surface area contributed by atoms with Crippen molar-refractivity contribution in [2.75, 3.05) is 5.32 Å². The van der Waals surface area contributed by atoms with Gasteiger partial charge in [0.2, 0.25) is 5.91 Å². The van der Waals surface area contributed by atoms with Crippen LogP contribution in [0.2, 0.25) is 0 Å². The highest BCUT2D eigenvalue weighted by Gasteiger charge is 2.19. The van der Waals surface area contributed by atoms with Crippen molar-refractivity contribution in [3.8, 4) is 6.07 Å².